The van der Waals surface area contributed by atoms with Crippen molar-refractivity contribution < 1.29 is 4.79 Å². The molecule has 2 aromatic carbocycles. The van der Waals surface area contributed by atoms with Crippen LogP contribution in [0.2, 0.25) is 0 Å². The van der Waals surface area contributed by atoms with Crippen LogP contribution in [0, 0.1) is 18.8 Å². The van der Waals surface area contributed by atoms with Crippen molar-refractivity contribution in [2.75, 3.05) is 38.5 Å². The molecule has 1 fully saturated rings. The third kappa shape index (κ3) is 5.75. The summed E-state index contributed by atoms with van der Waals surface area (Å²) in [5, 5.41) is 7.25. The van der Waals surface area contributed by atoms with Gasteiger partial charge in [-0.3, -0.25) is 9.69 Å². The van der Waals surface area contributed by atoms with Crippen LogP contribution in [0.15, 0.2) is 67.1 Å². The lowest BCUT2D eigenvalue weighted by Crippen LogP contribution is -2.43. The number of rotatable bonds is 4. The number of benzene rings is 2. The van der Waals surface area contributed by atoms with E-state index in [0.29, 0.717) is 5.56 Å². The smallest absolute Gasteiger partial charge is 0.255 e. The van der Waals surface area contributed by atoms with Crippen LogP contribution >= 0.6 is 0 Å². The molecule has 7 heteroatoms. The number of anilines is 1. The van der Waals surface area contributed by atoms with Crippen molar-refractivity contribution in [3.05, 3.63) is 94.9 Å². The Hall–Kier alpha value is -3.99. The number of hydrogen-bond acceptors (Lipinski definition) is 5. The molecule has 1 aliphatic heterocycles. The molecule has 1 amide bonds. The third-order valence-electron chi connectivity index (χ3n) is 6.12. The highest BCUT2D eigenvalue weighted by Gasteiger charge is 2.15. The predicted octanol–water partition coefficient (Wildman–Crippen LogP) is 3.44. The van der Waals surface area contributed by atoms with E-state index in [0.717, 1.165) is 60.7 Å². The van der Waals surface area contributed by atoms with Crippen LogP contribution in [0.5, 0.6) is 0 Å². The number of nitrogens with one attached hydrogen (secondary N) is 1. The highest BCUT2D eigenvalue weighted by molar-refractivity contribution is 6.04. The van der Waals surface area contributed by atoms with E-state index in [-0.39, 0.29) is 5.91 Å². The van der Waals surface area contributed by atoms with Crippen molar-refractivity contribution in [1.82, 2.24) is 24.4 Å². The summed E-state index contributed by atoms with van der Waals surface area (Å²) in [6.45, 7) is 7.25. The summed E-state index contributed by atoms with van der Waals surface area (Å²) in [7, 11) is 2.16. The van der Waals surface area contributed by atoms with Crippen molar-refractivity contribution in [3.63, 3.8) is 0 Å². The van der Waals surface area contributed by atoms with Gasteiger partial charge < -0.3 is 10.2 Å². The minimum atomic E-state index is -0.149. The van der Waals surface area contributed by atoms with Crippen molar-refractivity contribution in [1.29, 1.82) is 0 Å². The van der Waals surface area contributed by atoms with Crippen molar-refractivity contribution in [2.24, 2.45) is 0 Å². The molecule has 35 heavy (non-hydrogen) atoms. The molecule has 0 atom stereocenters. The number of nitrogens with zero attached hydrogens (tertiary/aromatic N) is 5. The van der Waals surface area contributed by atoms with Crippen LogP contribution in [0.1, 0.15) is 32.6 Å². The van der Waals surface area contributed by atoms with E-state index >= 15 is 0 Å². The molecule has 176 valence electrons. The summed E-state index contributed by atoms with van der Waals surface area (Å²) in [6, 6.07) is 15.5. The summed E-state index contributed by atoms with van der Waals surface area (Å²) < 4.78 is 1.69. The minimum Gasteiger partial charge on any atom is -0.322 e. The average Bonchev–Trinajstić information content (AvgIpc) is 3.32. The van der Waals surface area contributed by atoms with E-state index < -0.39 is 0 Å². The maximum atomic E-state index is 13.0. The second-order valence-electron chi connectivity index (χ2n) is 9.05. The first-order valence-corrected chi connectivity index (χ1v) is 11.8. The number of amides is 1. The third-order valence-corrected chi connectivity index (χ3v) is 6.12. The molecule has 3 heterocycles. The predicted molar refractivity (Wildman–Crippen MR) is 137 cm³/mol. The fourth-order valence-electron chi connectivity index (χ4n) is 4.25. The molecule has 1 saturated heterocycles. The molecule has 5 rings (SSSR count). The van der Waals surface area contributed by atoms with Gasteiger partial charge in [0.05, 0.1) is 11.8 Å². The summed E-state index contributed by atoms with van der Waals surface area (Å²) in [5.74, 6) is 6.08. The lowest BCUT2D eigenvalue weighted by Gasteiger charge is -2.32. The fraction of sp³-hybridized carbons (Fsp3) is 0.250. The molecular weight excluding hydrogens is 436 g/mol. The number of hydrogen-bond donors (Lipinski definition) is 1. The topological polar surface area (TPSA) is 65.8 Å². The Morgan fingerprint density at radius 2 is 1.86 bits per heavy atom. The first-order chi connectivity index (χ1) is 17.0. The van der Waals surface area contributed by atoms with Crippen LogP contribution in [0.4, 0.5) is 5.69 Å². The quantitative estimate of drug-likeness (QED) is 0.469. The number of carbonyl (C=O) groups excluding carboxylic acids is 1. The first-order valence-electron chi connectivity index (χ1n) is 11.8. The summed E-state index contributed by atoms with van der Waals surface area (Å²) >= 11 is 0. The number of carbonyl (C=O) groups is 1. The zero-order chi connectivity index (χ0) is 24.2. The van der Waals surface area contributed by atoms with Crippen molar-refractivity contribution in [2.45, 2.75) is 13.5 Å². The van der Waals surface area contributed by atoms with Crippen LogP contribution in [0.3, 0.4) is 0 Å². The zero-order valence-corrected chi connectivity index (χ0v) is 20.0. The number of likely N-dealkylation sites (N-methyl/N-ethyl adjacent to an activating group) is 1. The van der Waals surface area contributed by atoms with E-state index in [2.05, 4.69) is 63.1 Å². The van der Waals surface area contributed by atoms with Gasteiger partial charge >= 0.3 is 0 Å². The maximum absolute atomic E-state index is 13.0. The highest BCUT2D eigenvalue weighted by Crippen LogP contribution is 2.18. The lowest BCUT2D eigenvalue weighted by molar-refractivity contribution is 0.102. The molecule has 0 aliphatic carbocycles. The van der Waals surface area contributed by atoms with Crippen LogP contribution in [-0.2, 0) is 6.54 Å². The maximum Gasteiger partial charge on any atom is 0.255 e. The summed E-state index contributed by atoms with van der Waals surface area (Å²) in [4.78, 5) is 22.2. The normalized spacial score (nSPS) is 14.5. The van der Waals surface area contributed by atoms with E-state index in [4.69, 9.17) is 0 Å². The SMILES string of the molecule is Cc1cc(CN2CCN(C)CC2)cc(NC(=O)c2cccc(C#Cc3cnc4ccnn4c3)c2)c1. The van der Waals surface area contributed by atoms with E-state index in [9.17, 15) is 4.79 Å². The lowest BCUT2D eigenvalue weighted by atomic mass is 10.1. The van der Waals surface area contributed by atoms with Crippen LogP contribution in [0.25, 0.3) is 5.65 Å². The Morgan fingerprint density at radius 3 is 2.71 bits per heavy atom. The second kappa shape index (κ2) is 10.1. The highest BCUT2D eigenvalue weighted by atomic mass is 16.1. The van der Waals surface area contributed by atoms with E-state index in [1.807, 2.05) is 36.5 Å². The molecule has 1 aliphatic rings. The van der Waals surface area contributed by atoms with Crippen molar-refractivity contribution >= 4 is 17.2 Å². The number of fused-ring (bicyclic) bond motifs is 1. The Bertz CT molecular complexity index is 1420. The van der Waals surface area contributed by atoms with E-state index in [1.165, 1.54) is 5.56 Å². The Morgan fingerprint density at radius 1 is 1.03 bits per heavy atom. The number of piperazine rings is 1. The molecule has 7 nitrogen and oxygen atoms in total. The van der Waals surface area contributed by atoms with Gasteiger partial charge in [0.25, 0.3) is 5.91 Å². The molecule has 0 radical (unpaired) electrons. The van der Waals surface area contributed by atoms with Gasteiger partial charge in [-0.05, 0) is 55.4 Å². The second-order valence-corrected chi connectivity index (χ2v) is 9.05. The number of aryl methyl sites for hydroxylation is 1. The standard InChI is InChI=1S/C28H28N6O/c1-21-14-24(19-33-12-10-32(2)11-13-33)17-26(15-21)31-28(35)25-5-3-4-22(16-25)6-7-23-18-29-27-8-9-30-34(27)20-23/h3-5,8-9,14-18,20H,10-13,19H2,1-2H3,(H,31,35). The van der Waals surface area contributed by atoms with Gasteiger partial charge in [0.15, 0.2) is 5.65 Å². The molecule has 4 aromatic rings. The number of aromatic nitrogens is 3. The van der Waals surface area contributed by atoms with Gasteiger partial charge in [-0.2, -0.15) is 5.10 Å². The largest absolute Gasteiger partial charge is 0.322 e. The van der Waals surface area contributed by atoms with Gasteiger partial charge in [0, 0.05) is 68.0 Å². The van der Waals surface area contributed by atoms with Gasteiger partial charge in [-0.25, -0.2) is 9.50 Å². The molecule has 0 saturated carbocycles. The van der Waals surface area contributed by atoms with Crippen molar-refractivity contribution in [3.8, 4) is 11.8 Å². The Labute approximate surface area is 205 Å². The van der Waals surface area contributed by atoms with E-state index in [1.54, 1.807) is 23.0 Å². The monoisotopic (exact) mass is 464 g/mol. The summed E-state index contributed by atoms with van der Waals surface area (Å²) in [5.41, 5.74) is 6.02. The summed E-state index contributed by atoms with van der Waals surface area (Å²) in [6.07, 6.45) is 5.26. The molecular formula is C28H28N6O. The molecule has 1 N–H and O–H groups in total. The van der Waals surface area contributed by atoms with Gasteiger partial charge in [0.2, 0.25) is 0 Å². The molecule has 0 unspecified atom stereocenters. The average molecular weight is 465 g/mol. The Balaban J connectivity index is 1.28. The van der Waals surface area contributed by atoms with Gasteiger partial charge in [-0.1, -0.05) is 24.0 Å². The minimum absolute atomic E-state index is 0.149. The van der Waals surface area contributed by atoms with Gasteiger partial charge in [0.1, 0.15) is 0 Å². The van der Waals surface area contributed by atoms with Gasteiger partial charge in [-0.15, -0.1) is 0 Å². The van der Waals surface area contributed by atoms with Crippen LogP contribution < -0.4 is 5.32 Å². The molecule has 0 spiro atoms. The fourth-order valence-corrected chi connectivity index (χ4v) is 4.25. The Kier molecular flexibility index (Phi) is 6.57. The molecule has 2 aromatic heterocycles. The first kappa shape index (κ1) is 22.8. The molecule has 0 bridgehead atoms. The zero-order valence-electron chi connectivity index (χ0n) is 20.0. The van der Waals surface area contributed by atoms with Crippen LogP contribution in [-0.4, -0.2) is 63.5 Å².